The van der Waals surface area contributed by atoms with Crippen LogP contribution < -0.4 is 0 Å². The number of carbonyl (C=O) groups excluding carboxylic acids is 1. The summed E-state index contributed by atoms with van der Waals surface area (Å²) in [6.45, 7) is 2.38. The summed E-state index contributed by atoms with van der Waals surface area (Å²) in [7, 11) is 1.79. The third-order valence-electron chi connectivity index (χ3n) is 4.90. The molecule has 1 aliphatic rings. The van der Waals surface area contributed by atoms with Gasteiger partial charge in [-0.15, -0.1) is 0 Å². The molecule has 1 N–H and O–H groups in total. The second-order valence-corrected chi connectivity index (χ2v) is 6.78. The van der Waals surface area contributed by atoms with E-state index in [2.05, 4.69) is 5.10 Å². The van der Waals surface area contributed by atoms with Crippen LogP contribution in [0.3, 0.4) is 0 Å². The molecule has 0 saturated carbocycles. The summed E-state index contributed by atoms with van der Waals surface area (Å²) in [5, 5.41) is 14.3. The van der Waals surface area contributed by atoms with Gasteiger partial charge in [0.15, 0.2) is 11.8 Å². The molecule has 1 aliphatic heterocycles. The summed E-state index contributed by atoms with van der Waals surface area (Å²) in [4.78, 5) is 30.9. The fourth-order valence-corrected chi connectivity index (χ4v) is 3.52. The smallest absolute Gasteiger partial charge is 0.334 e. The van der Waals surface area contributed by atoms with E-state index in [4.69, 9.17) is 9.72 Å². The fourth-order valence-electron chi connectivity index (χ4n) is 3.52. The molecule has 0 spiro atoms. The number of nitrogens with zero attached hydrogens (tertiary/aromatic N) is 4. The van der Waals surface area contributed by atoms with Crippen LogP contribution in [0.2, 0.25) is 0 Å². The summed E-state index contributed by atoms with van der Waals surface area (Å²) in [6.07, 6.45) is -1.02. The van der Waals surface area contributed by atoms with Crippen LogP contribution in [0.4, 0.5) is 0 Å². The van der Waals surface area contributed by atoms with Gasteiger partial charge in [0.1, 0.15) is 0 Å². The number of rotatable bonds is 3. The number of ether oxygens (including phenoxy) is 1. The first-order chi connectivity index (χ1) is 13.5. The van der Waals surface area contributed by atoms with Crippen molar-refractivity contribution in [2.24, 2.45) is 7.05 Å². The second-order valence-electron chi connectivity index (χ2n) is 6.78. The Morgan fingerprint density at radius 1 is 1.25 bits per heavy atom. The summed E-state index contributed by atoms with van der Waals surface area (Å²) in [5.74, 6) is -1.31. The molecule has 28 heavy (non-hydrogen) atoms. The van der Waals surface area contributed by atoms with E-state index in [0.717, 1.165) is 5.56 Å². The number of aliphatic carboxylic acids is 1. The molecule has 1 atom stereocenters. The average Bonchev–Trinajstić information content (AvgIpc) is 3.01. The third kappa shape index (κ3) is 3.11. The monoisotopic (exact) mass is 380 g/mol. The summed E-state index contributed by atoms with van der Waals surface area (Å²) < 4.78 is 6.90. The van der Waals surface area contributed by atoms with Gasteiger partial charge in [-0.3, -0.25) is 9.48 Å². The Hall–Kier alpha value is -3.26. The Morgan fingerprint density at radius 2 is 2.00 bits per heavy atom. The van der Waals surface area contributed by atoms with E-state index >= 15 is 0 Å². The van der Waals surface area contributed by atoms with Crippen LogP contribution in [-0.2, 0) is 16.6 Å². The van der Waals surface area contributed by atoms with E-state index in [1.165, 1.54) is 4.90 Å². The van der Waals surface area contributed by atoms with Crippen LogP contribution in [0.1, 0.15) is 16.1 Å². The minimum Gasteiger partial charge on any atom is -0.479 e. The maximum absolute atomic E-state index is 13.3. The lowest BCUT2D eigenvalue weighted by Crippen LogP contribution is -2.48. The van der Waals surface area contributed by atoms with Gasteiger partial charge < -0.3 is 14.7 Å². The molecular weight excluding hydrogens is 360 g/mol. The number of aromatic nitrogens is 3. The lowest BCUT2D eigenvalue weighted by Gasteiger charge is -2.31. The van der Waals surface area contributed by atoms with Crippen molar-refractivity contribution in [1.29, 1.82) is 0 Å². The Balaban J connectivity index is 1.83. The zero-order chi connectivity index (χ0) is 19.8. The predicted molar refractivity (Wildman–Crippen MR) is 102 cm³/mol. The molecular formula is C20H20N4O4. The zero-order valence-electron chi connectivity index (χ0n) is 15.6. The highest BCUT2D eigenvalue weighted by Crippen LogP contribution is 2.28. The SMILES string of the molecule is Cc1nn(C)c2nc(-c3ccccc3)cc(C(=O)N3CCO[C@@H](C(=O)O)C3)c12. The van der Waals surface area contributed by atoms with Crippen LogP contribution >= 0.6 is 0 Å². The largest absolute Gasteiger partial charge is 0.479 e. The third-order valence-corrected chi connectivity index (χ3v) is 4.90. The molecule has 0 bridgehead atoms. The Morgan fingerprint density at radius 3 is 2.71 bits per heavy atom. The van der Waals surface area contributed by atoms with Gasteiger partial charge in [0.2, 0.25) is 0 Å². The van der Waals surface area contributed by atoms with E-state index in [-0.39, 0.29) is 19.1 Å². The first-order valence-corrected chi connectivity index (χ1v) is 8.99. The number of benzene rings is 1. The van der Waals surface area contributed by atoms with Gasteiger partial charge in [-0.05, 0) is 13.0 Å². The van der Waals surface area contributed by atoms with Crippen LogP contribution in [0.5, 0.6) is 0 Å². The molecule has 1 saturated heterocycles. The number of pyridine rings is 1. The minimum atomic E-state index is -1.07. The van der Waals surface area contributed by atoms with Crippen molar-refractivity contribution in [2.75, 3.05) is 19.7 Å². The lowest BCUT2D eigenvalue weighted by atomic mass is 10.0. The number of amides is 1. The van der Waals surface area contributed by atoms with Crippen molar-refractivity contribution in [3.8, 4) is 11.3 Å². The lowest BCUT2D eigenvalue weighted by molar-refractivity contribution is -0.154. The first-order valence-electron chi connectivity index (χ1n) is 8.99. The van der Waals surface area contributed by atoms with Gasteiger partial charge in [-0.1, -0.05) is 30.3 Å². The minimum absolute atomic E-state index is 0.0119. The highest BCUT2D eigenvalue weighted by Gasteiger charge is 2.31. The number of carboxylic acids is 1. The van der Waals surface area contributed by atoms with Crippen LogP contribution in [0.15, 0.2) is 36.4 Å². The quantitative estimate of drug-likeness (QED) is 0.745. The fraction of sp³-hybridized carbons (Fsp3) is 0.300. The van der Waals surface area contributed by atoms with Crippen molar-refractivity contribution >= 4 is 22.9 Å². The van der Waals surface area contributed by atoms with Crippen molar-refractivity contribution in [2.45, 2.75) is 13.0 Å². The highest BCUT2D eigenvalue weighted by molar-refractivity contribution is 6.07. The normalized spacial score (nSPS) is 17.1. The Bertz CT molecular complexity index is 1060. The molecule has 1 amide bonds. The standard InChI is InChI=1S/C20H20N4O4/c1-12-17-14(19(25)24-8-9-28-16(11-24)20(26)27)10-15(13-6-4-3-5-7-13)21-18(17)23(2)22-12/h3-7,10,16H,8-9,11H2,1-2H3,(H,26,27)/t16-/m1/s1. The molecule has 1 fully saturated rings. The molecule has 8 heteroatoms. The molecule has 3 aromatic rings. The van der Waals surface area contributed by atoms with Gasteiger partial charge in [0.05, 0.1) is 35.5 Å². The topological polar surface area (TPSA) is 97.5 Å². The molecule has 0 radical (unpaired) electrons. The number of fused-ring (bicyclic) bond motifs is 1. The number of carbonyl (C=O) groups is 2. The molecule has 1 aromatic carbocycles. The summed E-state index contributed by atoms with van der Waals surface area (Å²) in [6, 6.07) is 11.4. The van der Waals surface area contributed by atoms with E-state index in [0.29, 0.717) is 34.5 Å². The number of carboxylic acid groups (broad SMARTS) is 1. The first kappa shape index (κ1) is 18.1. The molecule has 4 rings (SSSR count). The number of aryl methyl sites for hydroxylation is 2. The predicted octanol–water partition coefficient (Wildman–Crippen LogP) is 1.87. The molecule has 0 aliphatic carbocycles. The molecule has 0 unspecified atom stereocenters. The van der Waals surface area contributed by atoms with Gasteiger partial charge in [-0.2, -0.15) is 5.10 Å². The van der Waals surface area contributed by atoms with Crippen LogP contribution in [0.25, 0.3) is 22.3 Å². The maximum Gasteiger partial charge on any atom is 0.334 e. The van der Waals surface area contributed by atoms with E-state index in [1.807, 2.05) is 37.3 Å². The molecule has 3 heterocycles. The van der Waals surface area contributed by atoms with E-state index in [1.54, 1.807) is 17.8 Å². The van der Waals surface area contributed by atoms with Crippen molar-refractivity contribution in [3.63, 3.8) is 0 Å². The van der Waals surface area contributed by atoms with Gasteiger partial charge in [0.25, 0.3) is 5.91 Å². The summed E-state index contributed by atoms with van der Waals surface area (Å²) >= 11 is 0. The van der Waals surface area contributed by atoms with E-state index < -0.39 is 12.1 Å². The number of morpholine rings is 1. The van der Waals surface area contributed by atoms with Crippen LogP contribution in [-0.4, -0.2) is 62.4 Å². The molecule has 144 valence electrons. The number of hydrogen-bond donors (Lipinski definition) is 1. The zero-order valence-corrected chi connectivity index (χ0v) is 15.6. The van der Waals surface area contributed by atoms with Gasteiger partial charge >= 0.3 is 5.97 Å². The number of hydrogen-bond acceptors (Lipinski definition) is 5. The van der Waals surface area contributed by atoms with Crippen molar-refractivity contribution in [1.82, 2.24) is 19.7 Å². The van der Waals surface area contributed by atoms with Gasteiger partial charge in [-0.25, -0.2) is 9.78 Å². The van der Waals surface area contributed by atoms with Crippen molar-refractivity contribution < 1.29 is 19.4 Å². The molecule has 8 nitrogen and oxygen atoms in total. The van der Waals surface area contributed by atoms with E-state index in [9.17, 15) is 14.7 Å². The van der Waals surface area contributed by atoms with Crippen LogP contribution in [0, 0.1) is 6.92 Å². The van der Waals surface area contributed by atoms with Crippen molar-refractivity contribution in [3.05, 3.63) is 47.7 Å². The average molecular weight is 380 g/mol. The summed E-state index contributed by atoms with van der Waals surface area (Å²) in [5.41, 5.74) is 3.35. The Labute approximate surface area is 161 Å². The molecule has 2 aromatic heterocycles. The second kappa shape index (κ2) is 7.05. The Kier molecular flexibility index (Phi) is 4.56. The maximum atomic E-state index is 13.3. The van der Waals surface area contributed by atoms with Gasteiger partial charge in [0, 0.05) is 19.2 Å². The highest BCUT2D eigenvalue weighted by atomic mass is 16.5.